The van der Waals surface area contributed by atoms with Gasteiger partial charge in [-0.2, -0.15) is 10.5 Å². The molecule has 0 spiro atoms. The summed E-state index contributed by atoms with van der Waals surface area (Å²) in [6.07, 6.45) is 2.03. The van der Waals surface area contributed by atoms with E-state index in [4.69, 9.17) is 10.5 Å². The van der Waals surface area contributed by atoms with Crippen LogP contribution in [0.4, 0.5) is 5.82 Å². The van der Waals surface area contributed by atoms with Gasteiger partial charge in [0.05, 0.1) is 0 Å². The fraction of sp³-hybridized carbons (Fsp3) is 0.115. The van der Waals surface area contributed by atoms with E-state index in [2.05, 4.69) is 17.1 Å². The van der Waals surface area contributed by atoms with Gasteiger partial charge in [0.1, 0.15) is 35.6 Å². The lowest BCUT2D eigenvalue weighted by molar-refractivity contribution is -0.364. The van der Waals surface area contributed by atoms with Gasteiger partial charge in [-0.05, 0) is 59.9 Å². The van der Waals surface area contributed by atoms with Gasteiger partial charge in [-0.1, -0.05) is 42.5 Å². The molecule has 2 aromatic carbocycles. The maximum Gasteiger partial charge on any atom is 0.289 e. The third-order valence-electron chi connectivity index (χ3n) is 5.49. The molecule has 31 heavy (non-hydrogen) atoms. The van der Waals surface area contributed by atoms with Crippen LogP contribution in [0, 0.1) is 29.6 Å². The lowest BCUT2D eigenvalue weighted by Crippen LogP contribution is -2.20. The summed E-state index contributed by atoms with van der Waals surface area (Å²) in [7, 11) is 0. The molecule has 150 valence electrons. The largest absolute Gasteiger partial charge is 0.489 e. The molecule has 4 rings (SSSR count). The molecule has 0 saturated carbocycles. The van der Waals surface area contributed by atoms with E-state index in [-0.39, 0.29) is 5.82 Å². The van der Waals surface area contributed by atoms with Crippen molar-refractivity contribution < 1.29 is 9.72 Å². The molecule has 0 amide bonds. The van der Waals surface area contributed by atoms with Gasteiger partial charge in [0.2, 0.25) is 0 Å². The number of ether oxygens (including phenoxy) is 1. The van der Waals surface area contributed by atoms with Crippen LogP contribution in [0.2, 0.25) is 0 Å². The highest BCUT2D eigenvalue weighted by Crippen LogP contribution is 2.42. The highest BCUT2D eigenvalue weighted by atomic mass is 16.5. The molecule has 3 aromatic rings. The van der Waals surface area contributed by atoms with Crippen molar-refractivity contribution in [3.63, 3.8) is 0 Å². The number of fused-ring (bicyclic) bond motifs is 1. The first-order valence-electron chi connectivity index (χ1n) is 9.89. The number of pyridine rings is 1. The maximum absolute atomic E-state index is 9.69. The smallest absolute Gasteiger partial charge is 0.289 e. The Morgan fingerprint density at radius 3 is 2.35 bits per heavy atom. The minimum Gasteiger partial charge on any atom is -0.489 e. The van der Waals surface area contributed by atoms with Crippen LogP contribution in [0.15, 0.2) is 60.2 Å². The first-order chi connectivity index (χ1) is 15.0. The highest BCUT2D eigenvalue weighted by molar-refractivity contribution is 6.07. The number of nitrogens with one attached hydrogen (secondary N) is 1. The Kier molecular flexibility index (Phi) is 5.26. The number of benzene rings is 2. The van der Waals surface area contributed by atoms with Gasteiger partial charge >= 0.3 is 0 Å². The molecule has 0 atom stereocenters. The van der Waals surface area contributed by atoms with Crippen molar-refractivity contribution in [2.45, 2.75) is 20.5 Å². The summed E-state index contributed by atoms with van der Waals surface area (Å²) in [5.41, 5.74) is 13.1. The van der Waals surface area contributed by atoms with Crippen LogP contribution in [0.3, 0.4) is 0 Å². The number of H-pyrrole nitrogens is 1. The number of anilines is 1. The van der Waals surface area contributed by atoms with Crippen LogP contribution in [0.5, 0.6) is 5.75 Å². The Morgan fingerprint density at radius 2 is 1.71 bits per heavy atom. The zero-order valence-corrected chi connectivity index (χ0v) is 17.4. The standard InChI is InChI=1S/C26H20N4O/c1-16-21(24-17(2)23(14-28)26(29)30-25(24)22(16)13-27)12-18-8-10-20(11-9-18)31-15-19-6-4-3-5-7-19/h3-12H,15H2,1-2H3,(H2,29,30)/p+1. The molecule has 0 radical (unpaired) electrons. The van der Waals surface area contributed by atoms with E-state index in [9.17, 15) is 10.5 Å². The molecule has 1 aliphatic rings. The summed E-state index contributed by atoms with van der Waals surface area (Å²) in [4.78, 5) is 3.05. The van der Waals surface area contributed by atoms with E-state index in [1.807, 2.05) is 74.5 Å². The molecule has 5 heteroatoms. The topological polar surface area (TPSA) is 97.0 Å². The summed E-state index contributed by atoms with van der Waals surface area (Å²) in [6, 6.07) is 22.3. The predicted octanol–water partition coefficient (Wildman–Crippen LogP) is 4.69. The summed E-state index contributed by atoms with van der Waals surface area (Å²) < 4.78 is 5.86. The second-order valence-corrected chi connectivity index (χ2v) is 7.41. The number of nitrogens with two attached hydrogens (primary N) is 1. The van der Waals surface area contributed by atoms with E-state index >= 15 is 0 Å². The predicted molar refractivity (Wildman–Crippen MR) is 120 cm³/mol. The monoisotopic (exact) mass is 405 g/mol. The van der Waals surface area contributed by atoms with Crippen LogP contribution in [-0.4, -0.2) is 0 Å². The first kappa shape index (κ1) is 19.9. The van der Waals surface area contributed by atoms with Crippen molar-refractivity contribution in [1.82, 2.24) is 0 Å². The van der Waals surface area contributed by atoms with Gasteiger partial charge in [-0.15, -0.1) is 0 Å². The lowest BCUT2D eigenvalue weighted by Gasteiger charge is -2.09. The Hall–Kier alpha value is -4.35. The van der Waals surface area contributed by atoms with Crippen molar-refractivity contribution in [2.75, 3.05) is 5.73 Å². The van der Waals surface area contributed by atoms with Crippen molar-refractivity contribution in [3.05, 3.63) is 93.7 Å². The molecule has 0 saturated heterocycles. The molecular weight excluding hydrogens is 384 g/mol. The average molecular weight is 405 g/mol. The third kappa shape index (κ3) is 3.66. The number of aromatic nitrogens is 1. The van der Waals surface area contributed by atoms with E-state index in [1.165, 1.54) is 0 Å². The number of hydrogen-bond acceptors (Lipinski definition) is 4. The minimum atomic E-state index is 0.278. The second-order valence-electron chi connectivity index (χ2n) is 7.41. The molecule has 1 heterocycles. The molecule has 3 N–H and O–H groups in total. The molecular formula is C26H21N4O+. The Morgan fingerprint density at radius 1 is 1.00 bits per heavy atom. The van der Waals surface area contributed by atoms with Gasteiger partial charge < -0.3 is 4.74 Å². The van der Waals surface area contributed by atoms with Gasteiger partial charge in [-0.3, -0.25) is 5.73 Å². The Bertz CT molecular complexity index is 1300. The zero-order valence-electron chi connectivity index (χ0n) is 17.4. The Labute approximate surface area is 181 Å². The second kappa shape index (κ2) is 8.18. The zero-order chi connectivity index (χ0) is 22.0. The highest BCUT2D eigenvalue weighted by Gasteiger charge is 2.32. The quantitative estimate of drug-likeness (QED) is 0.681. The van der Waals surface area contributed by atoms with E-state index in [0.717, 1.165) is 39.1 Å². The average Bonchev–Trinajstić information content (AvgIpc) is 3.04. The van der Waals surface area contributed by atoms with E-state index in [1.54, 1.807) is 0 Å². The molecule has 0 fully saturated rings. The number of nitrogen functional groups attached to an aromatic ring is 1. The SMILES string of the molecule is CC1=C(C#N)c2[nH+]c(N)c(C#N)c(C)c2C1=Cc1ccc(OCc2ccccc2)cc1. The van der Waals surface area contributed by atoms with Crippen molar-refractivity contribution in [1.29, 1.82) is 10.5 Å². The number of nitrogens with zero attached hydrogens (tertiary/aromatic N) is 2. The van der Waals surface area contributed by atoms with Gasteiger partial charge in [-0.25, -0.2) is 4.98 Å². The van der Waals surface area contributed by atoms with Gasteiger partial charge in [0, 0.05) is 5.56 Å². The normalized spacial score (nSPS) is 13.6. The maximum atomic E-state index is 9.69. The number of hydrogen-bond donors (Lipinski definition) is 1. The summed E-state index contributed by atoms with van der Waals surface area (Å²) >= 11 is 0. The molecule has 1 aromatic heterocycles. The number of allylic oxidation sites excluding steroid dienone is 3. The summed E-state index contributed by atoms with van der Waals surface area (Å²) in [5, 5.41) is 19.2. The molecule has 1 aliphatic carbocycles. The van der Waals surface area contributed by atoms with Crippen LogP contribution in [0.25, 0.3) is 17.2 Å². The van der Waals surface area contributed by atoms with Crippen molar-refractivity contribution in [2.24, 2.45) is 0 Å². The van der Waals surface area contributed by atoms with Crippen LogP contribution in [0.1, 0.15) is 40.4 Å². The number of rotatable bonds is 4. The Balaban J connectivity index is 1.67. The molecule has 0 unspecified atom stereocenters. The lowest BCUT2D eigenvalue weighted by atomic mass is 9.95. The van der Waals surface area contributed by atoms with Crippen LogP contribution < -0.4 is 15.5 Å². The summed E-state index contributed by atoms with van der Waals surface area (Å²) in [6.45, 7) is 4.29. The van der Waals surface area contributed by atoms with Crippen molar-refractivity contribution >= 4 is 23.0 Å². The van der Waals surface area contributed by atoms with E-state index < -0.39 is 0 Å². The van der Waals surface area contributed by atoms with Crippen molar-refractivity contribution in [3.8, 4) is 17.9 Å². The minimum absolute atomic E-state index is 0.278. The molecule has 5 nitrogen and oxygen atoms in total. The van der Waals surface area contributed by atoms with Gasteiger partial charge in [0.15, 0.2) is 5.69 Å². The molecule has 0 bridgehead atoms. The molecule has 0 aliphatic heterocycles. The van der Waals surface area contributed by atoms with E-state index in [0.29, 0.717) is 23.4 Å². The third-order valence-corrected chi connectivity index (χ3v) is 5.49. The fourth-order valence-corrected chi connectivity index (χ4v) is 3.84. The fourth-order valence-electron chi connectivity index (χ4n) is 3.84. The summed E-state index contributed by atoms with van der Waals surface area (Å²) in [5.74, 6) is 1.06. The first-order valence-corrected chi connectivity index (χ1v) is 9.89. The number of nitriles is 2. The van der Waals surface area contributed by atoms with Crippen LogP contribution >= 0.6 is 0 Å². The number of aromatic amines is 1. The van der Waals surface area contributed by atoms with Gasteiger partial charge in [0.25, 0.3) is 5.82 Å². The van der Waals surface area contributed by atoms with Crippen LogP contribution in [-0.2, 0) is 6.61 Å².